The van der Waals surface area contributed by atoms with Crippen LogP contribution >= 0.6 is 0 Å². The van der Waals surface area contributed by atoms with Crippen LogP contribution in [0, 0.1) is 0 Å². The normalized spacial score (nSPS) is 21.1. The first kappa shape index (κ1) is 22.1. The second-order valence-electron chi connectivity index (χ2n) is 10.4. The molecule has 0 saturated heterocycles. The molecule has 1 radical (unpaired) electrons. The van der Waals surface area contributed by atoms with Crippen molar-refractivity contribution < 1.29 is 17.1 Å². The third kappa shape index (κ3) is 2.92. The number of aromatic nitrogens is 2. The van der Waals surface area contributed by atoms with Crippen LogP contribution in [0.2, 0.25) is 0 Å². The first-order valence-electron chi connectivity index (χ1n) is 11.8. The van der Waals surface area contributed by atoms with E-state index < -0.39 is 0 Å². The van der Waals surface area contributed by atoms with Crippen molar-refractivity contribution >= 4 is 33.0 Å². The average molecular weight is 504 g/mol. The van der Waals surface area contributed by atoms with Gasteiger partial charge in [-0.3, -0.25) is 9.98 Å². The number of aliphatic imine (C=N–C) groups is 2. The number of benzene rings is 2. The van der Waals surface area contributed by atoms with Crippen LogP contribution in [0.25, 0.3) is 32.9 Å². The molecule has 2 aromatic heterocycles. The van der Waals surface area contributed by atoms with Crippen molar-refractivity contribution in [2.75, 3.05) is 0 Å². The number of rotatable bonds is 0. The van der Waals surface area contributed by atoms with Gasteiger partial charge in [0.05, 0.1) is 11.4 Å². The maximum Gasteiger partial charge on any atom is 2.00 e. The molecule has 0 unspecified atom stereocenters. The van der Waals surface area contributed by atoms with Crippen LogP contribution in [0.1, 0.15) is 39.1 Å². The summed E-state index contributed by atoms with van der Waals surface area (Å²) in [5.41, 5.74) is 7.00. The summed E-state index contributed by atoms with van der Waals surface area (Å²) in [6.45, 7) is 8.83. The molecule has 0 saturated carbocycles. The zero-order valence-corrected chi connectivity index (χ0v) is 21.0. The minimum Gasteiger partial charge on any atom is -0.661 e. The first-order chi connectivity index (χ1) is 16.4. The summed E-state index contributed by atoms with van der Waals surface area (Å²) in [5, 5.41) is 4.58. The van der Waals surface area contributed by atoms with Crippen molar-refractivity contribution in [3.8, 4) is 11.4 Å². The van der Waals surface area contributed by atoms with Crippen molar-refractivity contribution in [3.05, 3.63) is 95.6 Å². The Kier molecular flexibility index (Phi) is 4.61. The molecule has 0 spiro atoms. The smallest absolute Gasteiger partial charge is 0.661 e. The van der Waals surface area contributed by atoms with Crippen molar-refractivity contribution in [2.45, 2.75) is 38.5 Å². The topological polar surface area (TPSA) is 52.9 Å². The van der Waals surface area contributed by atoms with Gasteiger partial charge in [-0.15, -0.1) is 22.8 Å². The standard InChI is InChI=1S/C30H24N4.Cu/c1-29(2)23-15-13-21(31-23)22-14-16-24(32-22)30(3,4)28-20-12-8-6-10-18(20)26(34-28)25-17-9-5-7-11-19(17)27(29)33-25;/h5-16H,1-4H3;/q-2;+2/b22-21-;. The summed E-state index contributed by atoms with van der Waals surface area (Å²) in [4.78, 5) is 20.7. The molecule has 0 amide bonds. The molecule has 175 valence electrons. The molecule has 4 nitrogen and oxygen atoms in total. The third-order valence-corrected chi connectivity index (χ3v) is 7.55. The minimum absolute atomic E-state index is 0. The van der Waals surface area contributed by atoms with Gasteiger partial charge in [0.25, 0.3) is 0 Å². The van der Waals surface area contributed by atoms with E-state index >= 15 is 0 Å². The van der Waals surface area contributed by atoms with Gasteiger partial charge in [0.15, 0.2) is 0 Å². The Bertz CT molecular complexity index is 1570. The van der Waals surface area contributed by atoms with Gasteiger partial charge < -0.3 is 9.97 Å². The Balaban J connectivity index is 0.00000229. The van der Waals surface area contributed by atoms with Crippen molar-refractivity contribution in [3.63, 3.8) is 0 Å². The number of allylic oxidation sites excluding steroid dienone is 4. The zero-order valence-electron chi connectivity index (χ0n) is 20.0. The van der Waals surface area contributed by atoms with Gasteiger partial charge in [0, 0.05) is 22.3 Å². The van der Waals surface area contributed by atoms with Crippen LogP contribution in [0.15, 0.2) is 94.2 Å². The summed E-state index contributed by atoms with van der Waals surface area (Å²) in [6.07, 6.45) is 8.39. The Morgan fingerprint density at radius 2 is 0.914 bits per heavy atom. The van der Waals surface area contributed by atoms with E-state index in [-0.39, 0.29) is 27.9 Å². The molecule has 5 heteroatoms. The van der Waals surface area contributed by atoms with Crippen LogP contribution in [-0.4, -0.2) is 11.4 Å². The van der Waals surface area contributed by atoms with Gasteiger partial charge in [-0.05, 0) is 45.8 Å². The fourth-order valence-electron chi connectivity index (χ4n) is 5.52. The molecule has 4 aromatic rings. The molecule has 3 aliphatic heterocycles. The Hall–Kier alpha value is -3.40. The quantitative estimate of drug-likeness (QED) is 0.262. The van der Waals surface area contributed by atoms with E-state index in [1.54, 1.807) is 0 Å². The van der Waals surface area contributed by atoms with Gasteiger partial charge in [-0.2, -0.15) is 0 Å². The number of nitrogens with zero attached hydrogens (tertiary/aromatic N) is 4. The Morgan fingerprint density at radius 3 is 1.31 bits per heavy atom. The van der Waals surface area contributed by atoms with Crippen LogP contribution in [0.4, 0.5) is 0 Å². The number of hydrogen-bond donors (Lipinski definition) is 0. The Morgan fingerprint density at radius 1 is 0.543 bits per heavy atom. The van der Waals surface area contributed by atoms with E-state index in [0.29, 0.717) is 0 Å². The summed E-state index contributed by atoms with van der Waals surface area (Å²) in [6, 6.07) is 17.0. The summed E-state index contributed by atoms with van der Waals surface area (Å²) < 4.78 is 0. The average Bonchev–Trinajstić information content (AvgIpc) is 3.62. The molecule has 5 heterocycles. The monoisotopic (exact) mass is 503 g/mol. The van der Waals surface area contributed by atoms with Gasteiger partial charge in [-0.1, -0.05) is 76.2 Å². The Labute approximate surface area is 215 Å². The molecule has 0 fully saturated rings. The van der Waals surface area contributed by atoms with Crippen LogP contribution < -0.4 is 9.97 Å². The second-order valence-corrected chi connectivity index (χ2v) is 10.4. The number of hydrogen-bond acceptors (Lipinski definition) is 2. The van der Waals surface area contributed by atoms with E-state index in [4.69, 9.17) is 20.0 Å². The maximum absolute atomic E-state index is 5.30. The van der Waals surface area contributed by atoms with Crippen molar-refractivity contribution in [1.82, 2.24) is 9.97 Å². The van der Waals surface area contributed by atoms with E-state index in [0.717, 1.165) is 67.1 Å². The largest absolute Gasteiger partial charge is 2.00 e. The van der Waals surface area contributed by atoms with Gasteiger partial charge in [0.2, 0.25) is 0 Å². The SMILES string of the molecule is CC1(C)C2=N/C(=C3/C=CC(=N3)C(C)(C)c3[n-]c(c4ccccc34)-c3[n-]c1c1ccccc31)C=C2.[Cu+2]. The van der Waals surface area contributed by atoms with Crippen LogP contribution in [0.3, 0.4) is 0 Å². The molecular formula is C30H24CuN4. The molecular weight excluding hydrogens is 480 g/mol. The fraction of sp³-hybridized carbons (Fsp3) is 0.200. The summed E-state index contributed by atoms with van der Waals surface area (Å²) in [7, 11) is 0. The van der Waals surface area contributed by atoms with E-state index in [1.807, 2.05) is 0 Å². The fourth-order valence-corrected chi connectivity index (χ4v) is 5.52. The third-order valence-electron chi connectivity index (χ3n) is 7.55. The van der Waals surface area contributed by atoms with Gasteiger partial charge in [-0.25, -0.2) is 0 Å². The molecule has 0 N–H and O–H groups in total. The number of fused-ring (bicyclic) bond motifs is 13. The molecule has 3 aliphatic rings. The first-order valence-corrected chi connectivity index (χ1v) is 11.8. The van der Waals surface area contributed by atoms with Crippen molar-refractivity contribution in [2.24, 2.45) is 9.98 Å². The molecule has 7 rings (SSSR count). The zero-order chi connectivity index (χ0) is 23.2. The van der Waals surface area contributed by atoms with Crippen LogP contribution in [-0.2, 0) is 27.9 Å². The molecule has 2 aromatic carbocycles. The van der Waals surface area contributed by atoms with E-state index in [2.05, 4.69) is 101 Å². The van der Waals surface area contributed by atoms with E-state index in [9.17, 15) is 0 Å². The molecule has 0 atom stereocenters. The molecule has 35 heavy (non-hydrogen) atoms. The second kappa shape index (κ2) is 7.30. The van der Waals surface area contributed by atoms with Gasteiger partial charge >= 0.3 is 17.1 Å². The predicted octanol–water partition coefficient (Wildman–Crippen LogP) is 6.37. The minimum atomic E-state index is -0.375. The van der Waals surface area contributed by atoms with E-state index in [1.165, 1.54) is 0 Å². The van der Waals surface area contributed by atoms with Gasteiger partial charge in [0.1, 0.15) is 0 Å². The van der Waals surface area contributed by atoms with Crippen molar-refractivity contribution in [1.29, 1.82) is 0 Å². The maximum atomic E-state index is 5.30. The summed E-state index contributed by atoms with van der Waals surface area (Å²) >= 11 is 0. The predicted molar refractivity (Wildman–Crippen MR) is 140 cm³/mol. The van der Waals surface area contributed by atoms with Crippen LogP contribution in [0.5, 0.6) is 0 Å². The molecule has 0 aliphatic carbocycles. The summed E-state index contributed by atoms with van der Waals surface area (Å²) in [5.74, 6) is 0. The molecule has 8 bridgehead atoms.